The molecule has 178 valence electrons. The lowest BCUT2D eigenvalue weighted by molar-refractivity contribution is -0.266. The molecule has 32 heavy (non-hydrogen) atoms. The Morgan fingerprint density at radius 2 is 1.62 bits per heavy atom. The molecular weight excluding hydrogens is 406 g/mol. The molecule has 3 unspecified atom stereocenters. The summed E-state index contributed by atoms with van der Waals surface area (Å²) in [5.41, 5.74) is 1.08. The summed E-state index contributed by atoms with van der Waals surface area (Å²) in [5, 5.41) is 42.0. The van der Waals surface area contributed by atoms with Crippen molar-refractivity contribution in [2.75, 3.05) is 13.1 Å². The number of nitrogens with zero attached hydrogens (tertiary/aromatic N) is 2. The van der Waals surface area contributed by atoms with Crippen LogP contribution in [0.25, 0.3) is 0 Å². The second kappa shape index (κ2) is 7.39. The number of aliphatic hydroxyl groups excluding tert-OH is 1. The summed E-state index contributed by atoms with van der Waals surface area (Å²) in [5.74, 6) is 0.985. The van der Waals surface area contributed by atoms with Crippen LogP contribution in [0.3, 0.4) is 0 Å². The number of fused-ring (bicyclic) bond motifs is 2. The van der Waals surface area contributed by atoms with Gasteiger partial charge >= 0.3 is 0 Å². The van der Waals surface area contributed by atoms with Gasteiger partial charge in [0.1, 0.15) is 18.0 Å². The Labute approximate surface area is 192 Å². The minimum absolute atomic E-state index is 0.214. The van der Waals surface area contributed by atoms with Gasteiger partial charge < -0.3 is 15.2 Å². The normalized spacial score (nSPS) is 30.7. The molecule has 1 aromatic carbocycles. The average Bonchev–Trinajstić information content (AvgIpc) is 3.23. The number of hydrogen-bond acceptors (Lipinski definition) is 5. The van der Waals surface area contributed by atoms with Gasteiger partial charge in [0.05, 0.1) is 11.1 Å². The Hall–Kier alpha value is -1.22. The van der Waals surface area contributed by atoms with E-state index in [1.807, 2.05) is 61.5 Å². The van der Waals surface area contributed by atoms with Gasteiger partial charge in [-0.05, 0) is 103 Å². The van der Waals surface area contributed by atoms with Crippen LogP contribution in [0.1, 0.15) is 78.5 Å². The molecule has 1 fully saturated rings. The summed E-state index contributed by atoms with van der Waals surface area (Å²) in [6, 6.07) is 4.09. The number of rotatable bonds is 5. The Morgan fingerprint density at radius 3 is 2.19 bits per heavy atom. The molecule has 7 nitrogen and oxygen atoms in total. The van der Waals surface area contributed by atoms with Crippen molar-refractivity contribution in [1.29, 1.82) is 0 Å². The van der Waals surface area contributed by atoms with Crippen LogP contribution in [0.5, 0.6) is 5.75 Å². The summed E-state index contributed by atoms with van der Waals surface area (Å²) in [6.07, 6.45) is 0.469. The third-order valence-corrected chi connectivity index (χ3v) is 8.23. The molecule has 4 rings (SSSR count). The Morgan fingerprint density at radius 1 is 1.03 bits per heavy atom. The summed E-state index contributed by atoms with van der Waals surface area (Å²) in [4.78, 5) is 0. The predicted molar refractivity (Wildman–Crippen MR) is 121 cm³/mol. The van der Waals surface area contributed by atoms with Crippen LogP contribution in [0, 0.1) is 5.92 Å². The maximum absolute atomic E-state index is 12.8. The minimum Gasteiger partial charge on any atom is -0.487 e. The monoisotopic (exact) mass is 445 g/mol. The molecule has 3 aliphatic rings. The van der Waals surface area contributed by atoms with Gasteiger partial charge in [0.15, 0.2) is 0 Å². The van der Waals surface area contributed by atoms with E-state index in [1.54, 1.807) is 0 Å². The van der Waals surface area contributed by atoms with E-state index in [4.69, 9.17) is 4.74 Å². The van der Waals surface area contributed by atoms with E-state index in [0.717, 1.165) is 28.9 Å². The topological polar surface area (TPSA) is 87.8 Å². The van der Waals surface area contributed by atoms with E-state index in [0.29, 0.717) is 19.5 Å². The standard InChI is InChI=1S/C25H39N3O4/c1-22(2)12-16(23(3,4)27(22)30)13-26-14-19(29)21-10-15-9-17-18(11-20(15)32-21)25(7,8)28(31)24(17,5)6/h9,11,16,19,21,26,29H,10,12-14H2,1-8H3. The van der Waals surface area contributed by atoms with Crippen LogP contribution in [0.2, 0.25) is 0 Å². The fourth-order valence-electron chi connectivity index (χ4n) is 6.20. The molecule has 0 aliphatic carbocycles. The first-order chi connectivity index (χ1) is 14.6. The van der Waals surface area contributed by atoms with Gasteiger partial charge in [-0.3, -0.25) is 0 Å². The fraction of sp³-hybridized carbons (Fsp3) is 0.760. The van der Waals surface area contributed by atoms with E-state index in [1.165, 1.54) is 10.1 Å². The molecule has 2 radical (unpaired) electrons. The first kappa shape index (κ1) is 23.9. The smallest absolute Gasteiger partial charge is 0.130 e. The number of hydrogen-bond donors (Lipinski definition) is 2. The van der Waals surface area contributed by atoms with Gasteiger partial charge in [0.2, 0.25) is 0 Å². The zero-order valence-corrected chi connectivity index (χ0v) is 20.8. The van der Waals surface area contributed by atoms with Crippen molar-refractivity contribution in [2.45, 2.75) is 103 Å². The lowest BCUT2D eigenvalue weighted by Crippen LogP contribution is -2.48. The Balaban J connectivity index is 1.39. The summed E-state index contributed by atoms with van der Waals surface area (Å²) in [6.45, 7) is 16.9. The molecule has 1 aromatic rings. The molecule has 1 saturated heterocycles. The van der Waals surface area contributed by atoms with Gasteiger partial charge in [-0.2, -0.15) is 0 Å². The third-order valence-electron chi connectivity index (χ3n) is 8.23. The van der Waals surface area contributed by atoms with E-state index >= 15 is 0 Å². The predicted octanol–water partition coefficient (Wildman–Crippen LogP) is 3.30. The molecule has 3 atom stereocenters. The van der Waals surface area contributed by atoms with Crippen LogP contribution < -0.4 is 10.1 Å². The highest BCUT2D eigenvalue weighted by Crippen LogP contribution is 2.51. The zero-order chi connectivity index (χ0) is 23.9. The highest BCUT2D eigenvalue weighted by molar-refractivity contribution is 5.52. The van der Waals surface area contributed by atoms with Crippen LogP contribution in [0.4, 0.5) is 0 Å². The minimum atomic E-state index is -0.657. The molecule has 0 aromatic heterocycles. The first-order valence-corrected chi connectivity index (χ1v) is 11.8. The quantitative estimate of drug-likeness (QED) is 0.726. The molecule has 0 bridgehead atoms. The van der Waals surface area contributed by atoms with Crippen molar-refractivity contribution in [3.05, 3.63) is 28.8 Å². The van der Waals surface area contributed by atoms with E-state index in [9.17, 15) is 15.5 Å². The molecule has 2 N–H and O–H groups in total. The molecule has 0 amide bonds. The summed E-state index contributed by atoms with van der Waals surface area (Å²) >= 11 is 0. The summed E-state index contributed by atoms with van der Waals surface area (Å²) < 4.78 is 6.14. The van der Waals surface area contributed by atoms with Crippen molar-refractivity contribution < 1.29 is 20.3 Å². The Bertz CT molecular complexity index is 850. The maximum atomic E-state index is 12.8. The lowest BCUT2D eigenvalue weighted by atomic mass is 9.87. The van der Waals surface area contributed by atoms with Gasteiger partial charge in [-0.25, -0.2) is 0 Å². The molecule has 0 saturated carbocycles. The number of nitrogens with one attached hydrogen (secondary N) is 1. The SMILES string of the molecule is CC1(C)CC(CNCC(O)C2Cc3cc4c(cc3O2)C(C)(C)N([O])C4(C)C)C(C)(C)N1[O]. The van der Waals surface area contributed by atoms with Crippen molar-refractivity contribution in [2.24, 2.45) is 5.92 Å². The highest BCUT2D eigenvalue weighted by Gasteiger charge is 2.52. The first-order valence-electron chi connectivity index (χ1n) is 11.8. The lowest BCUT2D eigenvalue weighted by Gasteiger charge is -2.34. The maximum Gasteiger partial charge on any atom is 0.130 e. The molecule has 3 aliphatic heterocycles. The van der Waals surface area contributed by atoms with Crippen LogP contribution in [-0.2, 0) is 27.9 Å². The van der Waals surface area contributed by atoms with Gasteiger partial charge in [0, 0.05) is 24.0 Å². The molecule has 3 heterocycles. The van der Waals surface area contributed by atoms with E-state index < -0.39 is 22.7 Å². The second-order valence-electron chi connectivity index (χ2n) is 12.2. The van der Waals surface area contributed by atoms with Crippen molar-refractivity contribution >= 4 is 0 Å². The second-order valence-corrected chi connectivity index (χ2v) is 12.2. The number of ether oxygens (including phenoxy) is 1. The van der Waals surface area contributed by atoms with E-state index in [2.05, 4.69) is 11.4 Å². The van der Waals surface area contributed by atoms with Crippen LogP contribution in [-0.4, -0.2) is 51.6 Å². The molecule has 0 spiro atoms. The largest absolute Gasteiger partial charge is 0.487 e. The van der Waals surface area contributed by atoms with Gasteiger partial charge in [0.25, 0.3) is 0 Å². The highest BCUT2D eigenvalue weighted by atomic mass is 16.5. The van der Waals surface area contributed by atoms with Crippen molar-refractivity contribution in [1.82, 2.24) is 15.4 Å². The van der Waals surface area contributed by atoms with Gasteiger partial charge in [-0.1, -0.05) is 0 Å². The fourth-order valence-corrected chi connectivity index (χ4v) is 6.20. The van der Waals surface area contributed by atoms with Crippen LogP contribution >= 0.6 is 0 Å². The Kier molecular flexibility index (Phi) is 5.52. The van der Waals surface area contributed by atoms with Gasteiger partial charge in [-0.15, -0.1) is 20.5 Å². The average molecular weight is 446 g/mol. The molecule has 7 heteroatoms. The molecular formula is C25H39N3O4. The van der Waals surface area contributed by atoms with Crippen molar-refractivity contribution in [3.8, 4) is 5.75 Å². The van der Waals surface area contributed by atoms with Crippen molar-refractivity contribution in [3.63, 3.8) is 0 Å². The number of benzene rings is 1. The van der Waals surface area contributed by atoms with E-state index in [-0.39, 0.29) is 17.6 Å². The third kappa shape index (κ3) is 3.49. The number of aliphatic hydroxyl groups is 1. The van der Waals surface area contributed by atoms with Crippen LogP contribution in [0.15, 0.2) is 12.1 Å². The zero-order valence-electron chi connectivity index (χ0n) is 20.8. The summed E-state index contributed by atoms with van der Waals surface area (Å²) in [7, 11) is 0. The number of hydroxylamine groups is 4.